The first-order valence-electron chi connectivity index (χ1n) is 26.3. The van der Waals surface area contributed by atoms with Gasteiger partial charge in [-0.1, -0.05) is 195 Å². The summed E-state index contributed by atoms with van der Waals surface area (Å²) in [5.74, 6) is -0.339. The lowest BCUT2D eigenvalue weighted by Gasteiger charge is -2.39. The van der Waals surface area contributed by atoms with Gasteiger partial charge in [0, 0.05) is 13.0 Å². The van der Waals surface area contributed by atoms with E-state index >= 15 is 0 Å². The van der Waals surface area contributed by atoms with Crippen molar-refractivity contribution in [1.29, 1.82) is 0 Å². The second-order valence-electron chi connectivity index (χ2n) is 17.6. The predicted molar refractivity (Wildman–Crippen MR) is 274 cm³/mol. The van der Waals surface area contributed by atoms with Gasteiger partial charge in [0.25, 0.3) is 0 Å². The molecule has 0 spiro atoms. The molecule has 1 rings (SSSR count). The Labute approximate surface area is 402 Å². The molecule has 0 saturated carbocycles. The Morgan fingerprint density at radius 1 is 0.485 bits per heavy atom. The van der Waals surface area contributed by atoms with Crippen LogP contribution in [0.15, 0.2) is 97.2 Å². The number of aliphatic hydroxyl groups is 4. The quantitative estimate of drug-likeness (QED) is 0.0268. The molecule has 6 unspecified atom stereocenters. The van der Waals surface area contributed by atoms with Gasteiger partial charge < -0.3 is 39.4 Å². The maximum absolute atomic E-state index is 12.8. The van der Waals surface area contributed by atoms with Gasteiger partial charge in [0.2, 0.25) is 0 Å². The first-order valence-corrected chi connectivity index (χ1v) is 26.3. The summed E-state index contributed by atoms with van der Waals surface area (Å²) in [4.78, 5) is 12.8. The van der Waals surface area contributed by atoms with Gasteiger partial charge in [0.1, 0.15) is 30.5 Å². The minimum atomic E-state index is -1.55. The van der Waals surface area contributed by atoms with Gasteiger partial charge in [-0.15, -0.1) is 0 Å². The van der Waals surface area contributed by atoms with E-state index in [0.717, 1.165) is 96.3 Å². The molecule has 1 fully saturated rings. The van der Waals surface area contributed by atoms with Gasteiger partial charge in [0.05, 0.1) is 19.8 Å². The predicted octanol–water partition coefficient (Wildman–Crippen LogP) is 13.1. The fraction of sp³-hybridized carbons (Fsp3) is 0.702. The van der Waals surface area contributed by atoms with E-state index in [1.54, 1.807) is 0 Å². The molecule has 1 heterocycles. The Balaban J connectivity index is 2.19. The third-order valence-electron chi connectivity index (χ3n) is 11.5. The van der Waals surface area contributed by atoms with Gasteiger partial charge in [-0.3, -0.25) is 4.79 Å². The molecule has 66 heavy (non-hydrogen) atoms. The molecule has 6 atom stereocenters. The molecule has 4 N–H and O–H groups in total. The average molecular weight is 925 g/mol. The molecule has 1 aliphatic rings. The monoisotopic (exact) mass is 925 g/mol. The first kappa shape index (κ1) is 61.1. The number of hydrogen-bond donors (Lipinski definition) is 4. The van der Waals surface area contributed by atoms with Gasteiger partial charge in [0.15, 0.2) is 6.29 Å². The highest BCUT2D eigenvalue weighted by Crippen LogP contribution is 2.23. The molecule has 9 heteroatoms. The van der Waals surface area contributed by atoms with Crippen molar-refractivity contribution in [3.8, 4) is 0 Å². The van der Waals surface area contributed by atoms with E-state index in [1.807, 2.05) is 0 Å². The molecule has 0 aliphatic carbocycles. The van der Waals surface area contributed by atoms with Gasteiger partial charge in [-0.25, -0.2) is 0 Å². The normalized spacial score (nSPS) is 20.1. The standard InChI is InChI=1S/C57H96O9/c1-3-5-7-9-11-13-15-17-19-21-22-23-24-25-26-27-28-29-31-33-35-37-39-41-43-45-47-63-49-51(50-64-57-56(62)55(61)54(60)52(48-58)66-57)65-53(59)46-44-42-40-38-36-34-32-30-20-18-16-14-12-10-8-6-4-2/h5-8,11-14,17-20,22-23,32,34,51-52,54-58,60-62H,3-4,9-10,15-16,21,24-31,33,35-50H2,1-2H3/b7-5-,8-6-,13-11-,14-12-,19-17-,20-18-,23-22-,34-32-. The van der Waals surface area contributed by atoms with Crippen LogP contribution in [0.1, 0.15) is 194 Å². The number of ether oxygens (including phenoxy) is 4. The molecule has 0 amide bonds. The molecular formula is C57H96O9. The zero-order chi connectivity index (χ0) is 47.8. The summed E-state index contributed by atoms with van der Waals surface area (Å²) >= 11 is 0. The second-order valence-corrected chi connectivity index (χ2v) is 17.6. The van der Waals surface area contributed by atoms with Crippen LogP contribution in [0, 0.1) is 0 Å². The summed E-state index contributed by atoms with van der Waals surface area (Å²) in [6, 6.07) is 0. The molecule has 0 aromatic rings. The SMILES string of the molecule is CC/C=C\C/C=C\C/C=C\C/C=C\CCCCCCCCCCCCCCCOCC(COC1OC(CO)C(O)C(O)C1O)OC(=O)CCCCCC/C=C\C/C=C\C/C=C\C/C=C\CC. The molecule has 378 valence electrons. The Morgan fingerprint density at radius 3 is 1.32 bits per heavy atom. The maximum atomic E-state index is 12.8. The van der Waals surface area contributed by atoms with E-state index < -0.39 is 43.4 Å². The van der Waals surface area contributed by atoms with E-state index in [9.17, 15) is 25.2 Å². The molecule has 1 saturated heterocycles. The van der Waals surface area contributed by atoms with E-state index in [4.69, 9.17) is 18.9 Å². The number of hydrogen-bond acceptors (Lipinski definition) is 9. The van der Waals surface area contributed by atoms with E-state index in [2.05, 4.69) is 111 Å². The molecular weight excluding hydrogens is 829 g/mol. The highest BCUT2D eigenvalue weighted by molar-refractivity contribution is 5.69. The lowest BCUT2D eigenvalue weighted by molar-refractivity contribution is -0.305. The summed E-state index contributed by atoms with van der Waals surface area (Å²) in [5.41, 5.74) is 0. The van der Waals surface area contributed by atoms with Gasteiger partial charge in [-0.2, -0.15) is 0 Å². The second kappa shape index (κ2) is 47.2. The Bertz CT molecular complexity index is 1330. The number of aliphatic hydroxyl groups excluding tert-OH is 4. The zero-order valence-electron chi connectivity index (χ0n) is 41.7. The van der Waals surface area contributed by atoms with Crippen molar-refractivity contribution in [2.45, 2.75) is 230 Å². The van der Waals surface area contributed by atoms with Crippen LogP contribution in [0.5, 0.6) is 0 Å². The first-order chi connectivity index (χ1) is 32.4. The van der Waals surface area contributed by atoms with Crippen LogP contribution in [0.25, 0.3) is 0 Å². The lowest BCUT2D eigenvalue weighted by atomic mass is 9.99. The topological polar surface area (TPSA) is 135 Å². The van der Waals surface area contributed by atoms with Crippen LogP contribution in [-0.2, 0) is 23.7 Å². The minimum Gasteiger partial charge on any atom is -0.457 e. The maximum Gasteiger partial charge on any atom is 0.306 e. The summed E-state index contributed by atoms with van der Waals surface area (Å²) in [6.45, 7) is 4.29. The van der Waals surface area contributed by atoms with Crippen molar-refractivity contribution in [3.05, 3.63) is 97.2 Å². The number of rotatable bonds is 44. The fourth-order valence-corrected chi connectivity index (χ4v) is 7.47. The highest BCUT2D eigenvalue weighted by Gasteiger charge is 2.44. The Morgan fingerprint density at radius 2 is 0.879 bits per heavy atom. The van der Waals surface area contributed by atoms with E-state index in [1.165, 1.54) is 77.0 Å². The minimum absolute atomic E-state index is 0.128. The molecule has 9 nitrogen and oxygen atoms in total. The van der Waals surface area contributed by atoms with Crippen molar-refractivity contribution in [2.24, 2.45) is 0 Å². The van der Waals surface area contributed by atoms with Crippen molar-refractivity contribution in [1.82, 2.24) is 0 Å². The van der Waals surface area contributed by atoms with Crippen molar-refractivity contribution < 1.29 is 44.2 Å². The smallest absolute Gasteiger partial charge is 0.306 e. The van der Waals surface area contributed by atoms with Crippen LogP contribution in [0.3, 0.4) is 0 Å². The number of unbranched alkanes of at least 4 members (excludes halogenated alkanes) is 17. The van der Waals surface area contributed by atoms with Crippen LogP contribution in [0.2, 0.25) is 0 Å². The molecule has 0 bridgehead atoms. The summed E-state index contributed by atoms with van der Waals surface area (Å²) in [6.07, 6.45) is 58.7. The third-order valence-corrected chi connectivity index (χ3v) is 11.5. The molecule has 0 aromatic heterocycles. The zero-order valence-corrected chi connectivity index (χ0v) is 41.7. The fourth-order valence-electron chi connectivity index (χ4n) is 7.47. The van der Waals surface area contributed by atoms with Crippen LogP contribution < -0.4 is 0 Å². The highest BCUT2D eigenvalue weighted by atomic mass is 16.7. The number of esters is 1. The van der Waals surface area contributed by atoms with Crippen molar-refractivity contribution >= 4 is 5.97 Å². The summed E-state index contributed by atoms with van der Waals surface area (Å²) in [5, 5.41) is 40.3. The number of carbonyl (C=O) groups is 1. The summed E-state index contributed by atoms with van der Waals surface area (Å²) in [7, 11) is 0. The van der Waals surface area contributed by atoms with E-state index in [-0.39, 0.29) is 25.6 Å². The lowest BCUT2D eigenvalue weighted by Crippen LogP contribution is -2.59. The molecule has 0 aromatic carbocycles. The van der Waals surface area contributed by atoms with Crippen LogP contribution in [-0.4, -0.2) is 89.6 Å². The summed E-state index contributed by atoms with van der Waals surface area (Å²) < 4.78 is 22.9. The molecule has 0 radical (unpaired) electrons. The van der Waals surface area contributed by atoms with Crippen molar-refractivity contribution in [3.63, 3.8) is 0 Å². The van der Waals surface area contributed by atoms with Gasteiger partial charge in [-0.05, 0) is 89.9 Å². The average Bonchev–Trinajstić information content (AvgIpc) is 3.32. The van der Waals surface area contributed by atoms with Crippen molar-refractivity contribution in [2.75, 3.05) is 26.4 Å². The number of allylic oxidation sites excluding steroid dienone is 16. The largest absolute Gasteiger partial charge is 0.457 e. The Hall–Kier alpha value is -2.89. The van der Waals surface area contributed by atoms with E-state index in [0.29, 0.717) is 6.61 Å². The third kappa shape index (κ3) is 37.1. The van der Waals surface area contributed by atoms with Gasteiger partial charge >= 0.3 is 5.97 Å². The number of carbonyl (C=O) groups excluding carboxylic acids is 1. The van der Waals surface area contributed by atoms with Crippen LogP contribution in [0.4, 0.5) is 0 Å². The molecule has 1 aliphatic heterocycles. The van der Waals surface area contributed by atoms with Crippen LogP contribution >= 0.6 is 0 Å². The Kier molecular flexibility index (Phi) is 43.7.